The maximum absolute atomic E-state index is 12.3. The normalized spacial score (nSPS) is 10.6. The first-order valence-corrected chi connectivity index (χ1v) is 10.1. The molecule has 0 spiro atoms. The van der Waals surface area contributed by atoms with E-state index in [2.05, 4.69) is 10.2 Å². The van der Waals surface area contributed by atoms with Gasteiger partial charge in [0.1, 0.15) is 18.1 Å². The molecule has 7 nitrogen and oxygen atoms in total. The van der Waals surface area contributed by atoms with Crippen LogP contribution in [0.5, 0.6) is 11.5 Å². The number of thioether (sulfide) groups is 1. The monoisotopic (exact) mass is 413 g/mol. The summed E-state index contributed by atoms with van der Waals surface area (Å²) < 4.78 is 16.4. The molecule has 0 unspecified atom stereocenters. The van der Waals surface area contributed by atoms with Crippen LogP contribution in [0, 0.1) is 6.92 Å². The van der Waals surface area contributed by atoms with Gasteiger partial charge in [-0.05, 0) is 43.3 Å². The molecule has 0 atom stereocenters. The van der Waals surface area contributed by atoms with Crippen LogP contribution in [0.25, 0.3) is 11.5 Å². The topological polar surface area (TPSA) is 77.7 Å². The molecule has 0 aliphatic carbocycles. The maximum Gasteiger partial charge on any atom is 0.277 e. The SMILES string of the molecule is COc1ccc(-c2nnc(SCC(=O)N(C)CCOc3ccc(C)cc3)o2)cc1. The Hall–Kier alpha value is -3.00. The fourth-order valence-electron chi connectivity index (χ4n) is 2.41. The van der Waals surface area contributed by atoms with Gasteiger partial charge in [-0.15, -0.1) is 10.2 Å². The van der Waals surface area contributed by atoms with Crippen molar-refractivity contribution in [2.24, 2.45) is 0 Å². The van der Waals surface area contributed by atoms with Crippen molar-refractivity contribution in [3.63, 3.8) is 0 Å². The van der Waals surface area contributed by atoms with E-state index in [-0.39, 0.29) is 11.7 Å². The van der Waals surface area contributed by atoms with Crippen LogP contribution in [0.1, 0.15) is 5.56 Å². The number of rotatable bonds is 9. The second-order valence-corrected chi connectivity index (χ2v) is 7.29. The predicted molar refractivity (Wildman–Crippen MR) is 111 cm³/mol. The lowest BCUT2D eigenvalue weighted by atomic mass is 10.2. The number of amides is 1. The number of ether oxygens (including phenoxy) is 2. The lowest BCUT2D eigenvalue weighted by molar-refractivity contribution is -0.127. The van der Waals surface area contributed by atoms with E-state index in [1.807, 2.05) is 55.5 Å². The van der Waals surface area contributed by atoms with E-state index < -0.39 is 0 Å². The first-order valence-electron chi connectivity index (χ1n) is 9.09. The van der Waals surface area contributed by atoms with Crippen LogP contribution in [-0.2, 0) is 4.79 Å². The standard InChI is InChI=1S/C21H23N3O4S/c1-15-4-8-18(9-5-15)27-13-12-24(2)19(25)14-29-21-23-22-20(28-21)16-6-10-17(26-3)11-7-16/h4-11H,12-14H2,1-3H3. The number of carbonyl (C=O) groups excluding carboxylic acids is 1. The van der Waals surface area contributed by atoms with E-state index in [0.717, 1.165) is 17.1 Å². The van der Waals surface area contributed by atoms with Crippen molar-refractivity contribution in [3.05, 3.63) is 54.1 Å². The van der Waals surface area contributed by atoms with E-state index in [1.165, 1.54) is 17.3 Å². The number of aromatic nitrogens is 2. The van der Waals surface area contributed by atoms with Crippen molar-refractivity contribution < 1.29 is 18.7 Å². The molecule has 0 bridgehead atoms. The Labute approximate surface area is 174 Å². The third kappa shape index (κ3) is 5.99. The van der Waals surface area contributed by atoms with Crippen molar-refractivity contribution in [1.82, 2.24) is 15.1 Å². The highest BCUT2D eigenvalue weighted by Gasteiger charge is 2.14. The molecule has 8 heteroatoms. The summed E-state index contributed by atoms with van der Waals surface area (Å²) in [6, 6.07) is 15.2. The molecule has 2 aromatic carbocycles. The highest BCUT2D eigenvalue weighted by atomic mass is 32.2. The van der Waals surface area contributed by atoms with Crippen LogP contribution in [0.4, 0.5) is 0 Å². The zero-order valence-corrected chi connectivity index (χ0v) is 17.4. The van der Waals surface area contributed by atoms with Gasteiger partial charge in [-0.3, -0.25) is 4.79 Å². The third-order valence-corrected chi connectivity index (χ3v) is 5.01. The summed E-state index contributed by atoms with van der Waals surface area (Å²) in [5.41, 5.74) is 1.97. The number of carbonyl (C=O) groups is 1. The molecule has 0 radical (unpaired) electrons. The molecule has 1 amide bonds. The van der Waals surface area contributed by atoms with Gasteiger partial charge in [0.05, 0.1) is 19.4 Å². The molecule has 3 aromatic rings. The van der Waals surface area contributed by atoms with Gasteiger partial charge in [-0.1, -0.05) is 29.5 Å². The van der Waals surface area contributed by atoms with E-state index in [1.54, 1.807) is 19.1 Å². The van der Waals surface area contributed by atoms with Crippen LogP contribution < -0.4 is 9.47 Å². The number of hydrogen-bond donors (Lipinski definition) is 0. The van der Waals surface area contributed by atoms with Crippen LogP contribution in [-0.4, -0.2) is 54.1 Å². The quantitative estimate of drug-likeness (QED) is 0.495. The second-order valence-electron chi connectivity index (χ2n) is 6.37. The molecule has 0 saturated carbocycles. The van der Waals surface area contributed by atoms with E-state index in [9.17, 15) is 4.79 Å². The smallest absolute Gasteiger partial charge is 0.277 e. The largest absolute Gasteiger partial charge is 0.497 e. The van der Waals surface area contributed by atoms with Crippen LogP contribution in [0.15, 0.2) is 58.2 Å². The lowest BCUT2D eigenvalue weighted by Gasteiger charge is -2.17. The van der Waals surface area contributed by atoms with Crippen LogP contribution >= 0.6 is 11.8 Å². The number of nitrogens with zero attached hydrogens (tertiary/aromatic N) is 3. The molecule has 0 saturated heterocycles. The first-order chi connectivity index (χ1) is 14.0. The van der Waals surface area contributed by atoms with Gasteiger partial charge in [0.2, 0.25) is 11.8 Å². The molecule has 1 heterocycles. The Morgan fingerprint density at radius 2 is 1.76 bits per heavy atom. The number of aryl methyl sites for hydroxylation is 1. The summed E-state index contributed by atoms with van der Waals surface area (Å²) in [6.45, 7) is 2.95. The highest BCUT2D eigenvalue weighted by molar-refractivity contribution is 7.99. The minimum Gasteiger partial charge on any atom is -0.497 e. The molecule has 0 fully saturated rings. The van der Waals surface area contributed by atoms with Crippen molar-refractivity contribution in [3.8, 4) is 23.0 Å². The van der Waals surface area contributed by atoms with E-state index in [4.69, 9.17) is 13.9 Å². The summed E-state index contributed by atoms with van der Waals surface area (Å²) in [5.74, 6) is 2.13. The number of methoxy groups -OCH3 is 1. The van der Waals surface area contributed by atoms with Crippen molar-refractivity contribution in [2.75, 3.05) is 33.1 Å². The predicted octanol–water partition coefficient (Wildman–Crippen LogP) is 3.68. The van der Waals surface area contributed by atoms with Gasteiger partial charge in [0.25, 0.3) is 5.22 Å². The molecule has 0 aliphatic heterocycles. The van der Waals surface area contributed by atoms with Gasteiger partial charge in [0.15, 0.2) is 0 Å². The molecule has 29 heavy (non-hydrogen) atoms. The van der Waals surface area contributed by atoms with Crippen molar-refractivity contribution in [1.29, 1.82) is 0 Å². The molecule has 0 aliphatic rings. The second kappa shape index (κ2) is 9.97. The summed E-state index contributed by atoms with van der Waals surface area (Å²) in [5, 5.41) is 8.38. The fraction of sp³-hybridized carbons (Fsp3) is 0.286. The molecular weight excluding hydrogens is 390 g/mol. The van der Waals surface area contributed by atoms with E-state index in [0.29, 0.717) is 24.3 Å². The molecule has 3 rings (SSSR count). The average Bonchev–Trinajstić information content (AvgIpc) is 3.22. The minimum atomic E-state index is -0.0355. The Kier molecular flexibility index (Phi) is 7.13. The first kappa shape index (κ1) is 20.7. The number of likely N-dealkylation sites (N-methyl/N-ethyl adjacent to an activating group) is 1. The van der Waals surface area contributed by atoms with Gasteiger partial charge in [0, 0.05) is 12.6 Å². The molecule has 1 aromatic heterocycles. The zero-order valence-electron chi connectivity index (χ0n) is 16.6. The van der Waals surface area contributed by atoms with Crippen LogP contribution in [0.2, 0.25) is 0 Å². The third-order valence-electron chi connectivity index (χ3n) is 4.20. The number of hydrogen-bond acceptors (Lipinski definition) is 7. The van der Waals surface area contributed by atoms with Gasteiger partial charge in [-0.25, -0.2) is 0 Å². The van der Waals surface area contributed by atoms with Gasteiger partial charge < -0.3 is 18.8 Å². The molecule has 0 N–H and O–H groups in total. The maximum atomic E-state index is 12.3. The summed E-state index contributed by atoms with van der Waals surface area (Å²) in [7, 11) is 3.36. The van der Waals surface area contributed by atoms with Crippen molar-refractivity contribution >= 4 is 17.7 Å². The summed E-state index contributed by atoms with van der Waals surface area (Å²) in [6.07, 6.45) is 0. The minimum absolute atomic E-state index is 0.0355. The van der Waals surface area contributed by atoms with Crippen molar-refractivity contribution in [2.45, 2.75) is 12.1 Å². The van der Waals surface area contributed by atoms with Gasteiger partial charge in [-0.2, -0.15) is 0 Å². The summed E-state index contributed by atoms with van der Waals surface area (Å²) in [4.78, 5) is 13.9. The van der Waals surface area contributed by atoms with Crippen LogP contribution in [0.3, 0.4) is 0 Å². The highest BCUT2D eigenvalue weighted by Crippen LogP contribution is 2.25. The van der Waals surface area contributed by atoms with Gasteiger partial charge >= 0.3 is 0 Å². The Morgan fingerprint density at radius 1 is 1.07 bits per heavy atom. The average molecular weight is 413 g/mol. The Bertz CT molecular complexity index is 926. The lowest BCUT2D eigenvalue weighted by Crippen LogP contribution is -2.32. The fourth-order valence-corrected chi connectivity index (χ4v) is 3.12. The Morgan fingerprint density at radius 3 is 2.45 bits per heavy atom. The molecular formula is C21H23N3O4S. The molecule has 152 valence electrons. The Balaban J connectivity index is 1.43. The number of benzene rings is 2. The van der Waals surface area contributed by atoms with E-state index >= 15 is 0 Å². The summed E-state index contributed by atoms with van der Waals surface area (Å²) >= 11 is 1.21. The zero-order chi connectivity index (χ0) is 20.6.